The van der Waals surface area contributed by atoms with E-state index in [4.69, 9.17) is 9.31 Å². The quantitative estimate of drug-likeness (QED) is 0.707. The number of hydrogen-bond donors (Lipinski definition) is 1. The average molecular weight is 428 g/mol. The molecule has 2 aliphatic rings. The predicted octanol–water partition coefficient (Wildman–Crippen LogP) is 4.48. The Morgan fingerprint density at radius 1 is 1.09 bits per heavy atom. The Labute approximate surface area is 147 Å². The maximum absolute atomic E-state index is 6.20. The third-order valence-corrected chi connectivity index (χ3v) is 5.22. The van der Waals surface area contributed by atoms with Crippen molar-refractivity contribution in [2.75, 3.05) is 0 Å². The van der Waals surface area contributed by atoms with E-state index in [1.54, 1.807) is 0 Å². The monoisotopic (exact) mass is 426 g/mol. The Kier molecular flexibility index (Phi) is 4.04. The second-order valence-corrected chi connectivity index (χ2v) is 8.04. The van der Waals surface area contributed by atoms with Crippen molar-refractivity contribution in [2.24, 2.45) is 4.99 Å². The number of aliphatic imine (C=N–C) groups is 1. The molecule has 7 heteroatoms. The molecule has 0 bridgehead atoms. The molecule has 0 saturated carbocycles. The van der Waals surface area contributed by atoms with Crippen LogP contribution in [-0.2, 0) is 9.31 Å². The summed E-state index contributed by atoms with van der Waals surface area (Å²) >= 11 is 6.86. The van der Waals surface area contributed by atoms with Gasteiger partial charge in [-0.1, -0.05) is 0 Å². The van der Waals surface area contributed by atoms with Crippen molar-refractivity contribution >= 4 is 49.1 Å². The summed E-state index contributed by atoms with van der Waals surface area (Å²) < 4.78 is 14.1. The molecule has 1 N–H and O–H groups in total. The van der Waals surface area contributed by atoms with E-state index < -0.39 is 18.3 Å². The zero-order valence-electron chi connectivity index (χ0n) is 12.9. The molecule has 116 valence electrons. The molecule has 2 aliphatic heterocycles. The Bertz CT molecular complexity index is 688. The van der Waals surface area contributed by atoms with Gasteiger partial charge < -0.3 is 14.3 Å². The lowest BCUT2D eigenvalue weighted by molar-refractivity contribution is 0.00578. The van der Waals surface area contributed by atoms with Gasteiger partial charge >= 0.3 is 7.12 Å². The summed E-state index contributed by atoms with van der Waals surface area (Å²) in [4.78, 5) is 7.80. The minimum Gasteiger partial charge on any atom is -0.399 e. The van der Waals surface area contributed by atoms with E-state index in [1.165, 1.54) is 0 Å². The number of H-pyrrole nitrogens is 1. The number of nitrogens with zero attached hydrogens (tertiary/aromatic N) is 1. The largest absolute Gasteiger partial charge is 0.499 e. The molecule has 1 aromatic heterocycles. The van der Waals surface area contributed by atoms with Gasteiger partial charge in [0.2, 0.25) is 0 Å². The summed E-state index contributed by atoms with van der Waals surface area (Å²) in [6, 6.07) is 3.95. The minimum absolute atomic E-state index is 0.392. The number of nitrogens with one attached hydrogen (secondary N) is 1. The second kappa shape index (κ2) is 5.48. The lowest BCUT2D eigenvalue weighted by Crippen LogP contribution is -2.41. The molecule has 3 heterocycles. The molecule has 0 radical (unpaired) electrons. The molecule has 4 nitrogen and oxygen atoms in total. The van der Waals surface area contributed by atoms with Crippen LogP contribution in [0.1, 0.15) is 33.4 Å². The van der Waals surface area contributed by atoms with E-state index in [9.17, 15) is 0 Å². The highest BCUT2D eigenvalue weighted by Crippen LogP contribution is 2.42. The molecule has 0 atom stereocenters. The summed E-state index contributed by atoms with van der Waals surface area (Å²) in [5.74, 6) is 0. The number of halogens is 2. The van der Waals surface area contributed by atoms with Gasteiger partial charge in [0.1, 0.15) is 4.62 Å². The fraction of sp³-hybridized carbons (Fsp3) is 0.400. The van der Waals surface area contributed by atoms with E-state index >= 15 is 0 Å². The predicted molar refractivity (Wildman–Crippen MR) is 97.0 cm³/mol. The zero-order valence-corrected chi connectivity index (χ0v) is 16.1. The van der Waals surface area contributed by atoms with Crippen molar-refractivity contribution < 1.29 is 9.31 Å². The standard InChI is InChI=1S/C15H17BBr2N2O2/c1-14(2)15(3,4)22-16(21-14)13(9-5-7-11(17)19-9)10-6-8-12(18)20-10/h5-8,19H,1-4H3/b13-10-. The van der Waals surface area contributed by atoms with Crippen LogP contribution in [0.15, 0.2) is 39.6 Å². The van der Waals surface area contributed by atoms with Crippen LogP contribution in [-0.4, -0.2) is 27.9 Å². The highest BCUT2D eigenvalue weighted by molar-refractivity contribution is 9.18. The van der Waals surface area contributed by atoms with E-state index in [0.29, 0.717) is 0 Å². The van der Waals surface area contributed by atoms with Crippen LogP contribution in [0.4, 0.5) is 0 Å². The van der Waals surface area contributed by atoms with Gasteiger partial charge in [0.25, 0.3) is 0 Å². The van der Waals surface area contributed by atoms with Crippen molar-refractivity contribution in [1.29, 1.82) is 0 Å². The van der Waals surface area contributed by atoms with Crippen LogP contribution in [0, 0.1) is 0 Å². The number of hydrogen-bond acceptors (Lipinski definition) is 3. The highest BCUT2D eigenvalue weighted by Gasteiger charge is 2.53. The molecular formula is C15H17BBr2N2O2. The first-order valence-corrected chi connectivity index (χ1v) is 8.65. The third-order valence-electron chi connectivity index (χ3n) is 4.31. The first-order chi connectivity index (χ1) is 10.2. The number of aromatic amines is 1. The Morgan fingerprint density at radius 2 is 1.73 bits per heavy atom. The van der Waals surface area contributed by atoms with Gasteiger partial charge in [0, 0.05) is 11.2 Å². The van der Waals surface area contributed by atoms with Crippen molar-refractivity contribution in [3.63, 3.8) is 0 Å². The molecule has 3 rings (SSSR count). The maximum Gasteiger partial charge on any atom is 0.499 e. The summed E-state index contributed by atoms with van der Waals surface area (Å²) in [7, 11) is -0.475. The Balaban J connectivity index is 2.08. The first-order valence-electron chi connectivity index (χ1n) is 7.06. The molecule has 1 fully saturated rings. The smallest absolute Gasteiger partial charge is 0.399 e. The first kappa shape index (κ1) is 16.2. The van der Waals surface area contributed by atoms with E-state index in [2.05, 4.69) is 41.8 Å². The van der Waals surface area contributed by atoms with Gasteiger partial charge in [-0.3, -0.25) is 0 Å². The lowest BCUT2D eigenvalue weighted by atomic mass is 9.74. The number of rotatable bonds is 2. The minimum atomic E-state index is -0.475. The van der Waals surface area contributed by atoms with Crippen LogP contribution in [0.2, 0.25) is 0 Å². The molecule has 0 amide bonds. The topological polar surface area (TPSA) is 46.6 Å². The van der Waals surface area contributed by atoms with Crippen molar-refractivity contribution in [1.82, 2.24) is 4.98 Å². The molecule has 0 unspecified atom stereocenters. The molecule has 1 aromatic rings. The maximum atomic E-state index is 6.20. The summed E-state index contributed by atoms with van der Waals surface area (Å²) in [6.45, 7) is 8.18. The average Bonchev–Trinajstić information content (AvgIpc) is 3.02. The Hall–Kier alpha value is -0.625. The van der Waals surface area contributed by atoms with E-state index in [1.807, 2.05) is 52.0 Å². The zero-order chi connectivity index (χ0) is 16.1. The summed E-state index contributed by atoms with van der Waals surface area (Å²) in [6.07, 6.45) is 3.87. The number of aromatic nitrogens is 1. The van der Waals surface area contributed by atoms with Crippen LogP contribution in [0.5, 0.6) is 0 Å². The van der Waals surface area contributed by atoms with Crippen molar-refractivity contribution in [3.8, 4) is 0 Å². The fourth-order valence-electron chi connectivity index (χ4n) is 2.36. The van der Waals surface area contributed by atoms with Crippen LogP contribution in [0.25, 0.3) is 5.47 Å². The van der Waals surface area contributed by atoms with Crippen LogP contribution in [0.3, 0.4) is 0 Å². The molecule has 0 spiro atoms. The Morgan fingerprint density at radius 3 is 2.18 bits per heavy atom. The van der Waals surface area contributed by atoms with E-state index in [-0.39, 0.29) is 0 Å². The van der Waals surface area contributed by atoms with Gasteiger partial charge in [0.15, 0.2) is 0 Å². The molecule has 0 aromatic carbocycles. The third kappa shape index (κ3) is 2.80. The second-order valence-electron chi connectivity index (χ2n) is 6.37. The highest BCUT2D eigenvalue weighted by atomic mass is 79.9. The van der Waals surface area contributed by atoms with Crippen molar-refractivity contribution in [3.05, 3.63) is 40.3 Å². The normalized spacial score (nSPS) is 24.8. The van der Waals surface area contributed by atoms with Gasteiger partial charge in [0.05, 0.1) is 21.5 Å². The van der Waals surface area contributed by atoms with Gasteiger partial charge in [-0.25, -0.2) is 4.99 Å². The van der Waals surface area contributed by atoms with Crippen LogP contribution >= 0.6 is 31.9 Å². The molecule has 22 heavy (non-hydrogen) atoms. The van der Waals surface area contributed by atoms with Gasteiger partial charge in [-0.2, -0.15) is 0 Å². The molecule has 0 aliphatic carbocycles. The van der Waals surface area contributed by atoms with Crippen molar-refractivity contribution in [2.45, 2.75) is 38.9 Å². The molecular weight excluding hydrogens is 411 g/mol. The van der Waals surface area contributed by atoms with Crippen LogP contribution < -0.4 is 0 Å². The summed E-state index contributed by atoms with van der Waals surface area (Å²) in [5, 5.41) is 0. The van der Waals surface area contributed by atoms with Gasteiger partial charge in [-0.05, 0) is 83.8 Å². The molecule has 1 saturated heterocycles. The van der Waals surface area contributed by atoms with E-state index in [0.717, 1.165) is 26.1 Å². The lowest BCUT2D eigenvalue weighted by Gasteiger charge is -2.32. The van der Waals surface area contributed by atoms with Gasteiger partial charge in [-0.15, -0.1) is 0 Å². The SMILES string of the molecule is CC1(C)OB(/C(=C2/C=CC(Br)=N2)c2ccc(Br)[nH]2)OC1(C)C. The summed E-state index contributed by atoms with van der Waals surface area (Å²) in [5.41, 5.74) is 1.87. The number of allylic oxidation sites excluding steroid dienone is 2. The fourth-order valence-corrected chi connectivity index (χ4v) is 3.03.